The number of hydrogen-bond donors (Lipinski definition) is 2. The first kappa shape index (κ1) is 14.0. The van der Waals surface area contributed by atoms with E-state index in [0.29, 0.717) is 12.0 Å². The first-order chi connectivity index (χ1) is 10.1. The molecule has 0 saturated carbocycles. The number of rotatable bonds is 3. The Morgan fingerprint density at radius 2 is 2.00 bits per heavy atom. The summed E-state index contributed by atoms with van der Waals surface area (Å²) in [6.45, 7) is 1.59. The predicted octanol–water partition coefficient (Wildman–Crippen LogP) is 2.78. The highest BCUT2D eigenvalue weighted by atomic mass is 19.1. The number of fused-ring (bicyclic) bond motifs is 1. The molecule has 0 amide bonds. The summed E-state index contributed by atoms with van der Waals surface area (Å²) < 4.78 is 34.1. The van der Waals surface area contributed by atoms with E-state index in [0.717, 1.165) is 11.3 Å². The van der Waals surface area contributed by atoms with Gasteiger partial charge in [-0.3, -0.25) is 5.84 Å². The first-order valence-corrected chi connectivity index (χ1v) is 6.77. The molecule has 0 fully saturated rings. The molecule has 3 N–H and O–H groups in total. The largest absolute Gasteiger partial charge is 0.488 e. The SMILES string of the molecule is Cc1ccc(F)c(C(NN)C2Cc3ccccc3O2)c1F. The summed E-state index contributed by atoms with van der Waals surface area (Å²) in [5.41, 5.74) is 3.81. The van der Waals surface area contributed by atoms with Crippen molar-refractivity contribution in [3.8, 4) is 5.75 Å². The lowest BCUT2D eigenvalue weighted by atomic mass is 9.96. The van der Waals surface area contributed by atoms with Gasteiger partial charge in [-0.15, -0.1) is 0 Å². The molecule has 2 atom stereocenters. The molecule has 1 aliphatic rings. The lowest BCUT2D eigenvalue weighted by molar-refractivity contribution is 0.174. The van der Waals surface area contributed by atoms with Crippen molar-refractivity contribution in [2.24, 2.45) is 5.84 Å². The topological polar surface area (TPSA) is 47.3 Å². The van der Waals surface area contributed by atoms with Crippen molar-refractivity contribution in [1.29, 1.82) is 0 Å². The lowest BCUT2D eigenvalue weighted by Crippen LogP contribution is -2.40. The van der Waals surface area contributed by atoms with Crippen molar-refractivity contribution in [2.75, 3.05) is 0 Å². The predicted molar refractivity (Wildman–Crippen MR) is 75.7 cm³/mol. The smallest absolute Gasteiger partial charge is 0.134 e. The van der Waals surface area contributed by atoms with Crippen LogP contribution in [-0.4, -0.2) is 6.10 Å². The monoisotopic (exact) mass is 290 g/mol. The molecular weight excluding hydrogens is 274 g/mol. The van der Waals surface area contributed by atoms with E-state index in [-0.39, 0.29) is 5.56 Å². The number of hydrogen-bond acceptors (Lipinski definition) is 3. The van der Waals surface area contributed by atoms with Crippen LogP contribution >= 0.6 is 0 Å². The molecule has 2 aromatic rings. The molecule has 0 aromatic heterocycles. The van der Waals surface area contributed by atoms with E-state index in [2.05, 4.69) is 5.43 Å². The standard InChI is InChI=1S/C16H16F2N2O/c1-9-6-7-11(17)14(15(9)18)16(20-19)13-8-10-4-2-3-5-12(10)21-13/h2-7,13,16,20H,8,19H2,1H3. The van der Waals surface area contributed by atoms with E-state index < -0.39 is 23.8 Å². The van der Waals surface area contributed by atoms with Gasteiger partial charge in [-0.05, 0) is 30.2 Å². The minimum absolute atomic E-state index is 0.0738. The molecule has 1 aliphatic heterocycles. The van der Waals surface area contributed by atoms with Gasteiger partial charge in [0.1, 0.15) is 23.5 Å². The third-order valence-electron chi connectivity index (χ3n) is 3.85. The van der Waals surface area contributed by atoms with Gasteiger partial charge >= 0.3 is 0 Å². The zero-order valence-corrected chi connectivity index (χ0v) is 11.6. The fourth-order valence-corrected chi connectivity index (χ4v) is 2.73. The van der Waals surface area contributed by atoms with Crippen LogP contribution in [0.1, 0.15) is 22.7 Å². The first-order valence-electron chi connectivity index (χ1n) is 6.77. The van der Waals surface area contributed by atoms with Crippen LogP contribution in [0.3, 0.4) is 0 Å². The van der Waals surface area contributed by atoms with Crippen LogP contribution in [0, 0.1) is 18.6 Å². The number of para-hydroxylation sites is 1. The van der Waals surface area contributed by atoms with Crippen LogP contribution < -0.4 is 16.0 Å². The summed E-state index contributed by atoms with van der Waals surface area (Å²) >= 11 is 0. The Morgan fingerprint density at radius 3 is 2.71 bits per heavy atom. The quantitative estimate of drug-likeness (QED) is 0.675. The molecule has 0 saturated heterocycles. The van der Waals surface area contributed by atoms with Gasteiger partial charge in [0.05, 0.1) is 6.04 Å². The molecule has 21 heavy (non-hydrogen) atoms. The molecule has 0 bridgehead atoms. The van der Waals surface area contributed by atoms with E-state index in [1.54, 1.807) is 6.92 Å². The summed E-state index contributed by atoms with van der Waals surface area (Å²) in [7, 11) is 0. The Kier molecular flexibility index (Phi) is 3.61. The Balaban J connectivity index is 1.96. The average molecular weight is 290 g/mol. The molecule has 5 heteroatoms. The van der Waals surface area contributed by atoms with Crippen LogP contribution in [0.15, 0.2) is 36.4 Å². The van der Waals surface area contributed by atoms with Crippen molar-refractivity contribution in [2.45, 2.75) is 25.5 Å². The van der Waals surface area contributed by atoms with Gasteiger partial charge < -0.3 is 4.74 Å². The van der Waals surface area contributed by atoms with Crippen LogP contribution in [0.2, 0.25) is 0 Å². The normalized spacial score (nSPS) is 18.2. The van der Waals surface area contributed by atoms with Crippen LogP contribution in [-0.2, 0) is 6.42 Å². The van der Waals surface area contributed by atoms with Gasteiger partial charge in [-0.2, -0.15) is 0 Å². The number of ether oxygens (including phenoxy) is 1. The van der Waals surface area contributed by atoms with E-state index in [4.69, 9.17) is 10.6 Å². The lowest BCUT2D eigenvalue weighted by Gasteiger charge is -2.24. The highest BCUT2D eigenvalue weighted by Crippen LogP contribution is 2.35. The van der Waals surface area contributed by atoms with E-state index >= 15 is 0 Å². The number of hydrazine groups is 1. The Labute approximate surface area is 121 Å². The summed E-state index contributed by atoms with van der Waals surface area (Å²) in [6.07, 6.45) is 0.107. The summed E-state index contributed by atoms with van der Waals surface area (Å²) in [5.74, 6) is 5.07. The van der Waals surface area contributed by atoms with E-state index in [1.807, 2.05) is 24.3 Å². The fraction of sp³-hybridized carbons (Fsp3) is 0.250. The van der Waals surface area contributed by atoms with Crippen molar-refractivity contribution in [3.63, 3.8) is 0 Å². The molecule has 1 heterocycles. The number of nitrogens with one attached hydrogen (secondary N) is 1. The van der Waals surface area contributed by atoms with Crippen molar-refractivity contribution in [1.82, 2.24) is 5.43 Å². The number of halogens is 2. The second-order valence-electron chi connectivity index (χ2n) is 5.20. The minimum atomic E-state index is -0.753. The zero-order valence-electron chi connectivity index (χ0n) is 11.6. The Hall–Kier alpha value is -1.98. The van der Waals surface area contributed by atoms with Crippen molar-refractivity contribution in [3.05, 3.63) is 64.7 Å². The van der Waals surface area contributed by atoms with Crippen LogP contribution in [0.25, 0.3) is 0 Å². The second kappa shape index (κ2) is 5.42. The van der Waals surface area contributed by atoms with Crippen LogP contribution in [0.5, 0.6) is 5.75 Å². The third kappa shape index (κ3) is 2.39. The maximum Gasteiger partial charge on any atom is 0.134 e. The highest BCUT2D eigenvalue weighted by Gasteiger charge is 2.34. The van der Waals surface area contributed by atoms with Gasteiger partial charge in [-0.25, -0.2) is 14.2 Å². The number of aryl methyl sites for hydroxylation is 1. The van der Waals surface area contributed by atoms with Crippen molar-refractivity contribution >= 4 is 0 Å². The van der Waals surface area contributed by atoms with E-state index in [1.165, 1.54) is 12.1 Å². The molecule has 3 nitrogen and oxygen atoms in total. The van der Waals surface area contributed by atoms with E-state index in [9.17, 15) is 8.78 Å². The summed E-state index contributed by atoms with van der Waals surface area (Å²) in [6, 6.07) is 9.45. The zero-order chi connectivity index (χ0) is 15.0. The average Bonchev–Trinajstić information content (AvgIpc) is 2.91. The molecule has 110 valence electrons. The van der Waals surface area contributed by atoms with Gasteiger partial charge in [0.15, 0.2) is 0 Å². The minimum Gasteiger partial charge on any atom is -0.488 e. The second-order valence-corrected chi connectivity index (χ2v) is 5.20. The van der Waals surface area contributed by atoms with Gasteiger partial charge in [0.2, 0.25) is 0 Å². The molecule has 0 aliphatic carbocycles. The number of nitrogens with two attached hydrogens (primary N) is 1. The number of benzene rings is 2. The maximum absolute atomic E-state index is 14.3. The maximum atomic E-state index is 14.3. The molecule has 0 spiro atoms. The van der Waals surface area contributed by atoms with Gasteiger partial charge in [-0.1, -0.05) is 24.3 Å². The Morgan fingerprint density at radius 1 is 1.24 bits per heavy atom. The molecule has 2 aromatic carbocycles. The fourth-order valence-electron chi connectivity index (χ4n) is 2.73. The van der Waals surface area contributed by atoms with Crippen LogP contribution in [0.4, 0.5) is 8.78 Å². The summed E-state index contributed by atoms with van der Waals surface area (Å²) in [5, 5.41) is 0. The van der Waals surface area contributed by atoms with Crippen molar-refractivity contribution < 1.29 is 13.5 Å². The molecular formula is C16H16F2N2O. The molecule has 3 rings (SSSR count). The third-order valence-corrected chi connectivity index (χ3v) is 3.85. The summed E-state index contributed by atoms with van der Waals surface area (Å²) in [4.78, 5) is 0. The van der Waals surface area contributed by atoms with Gasteiger partial charge in [0.25, 0.3) is 0 Å². The highest BCUT2D eigenvalue weighted by molar-refractivity contribution is 5.39. The Bertz CT molecular complexity index is 650. The molecule has 2 unspecified atom stereocenters. The van der Waals surface area contributed by atoms with Gasteiger partial charge in [0, 0.05) is 12.0 Å². The molecule has 0 radical (unpaired) electrons.